The van der Waals surface area contributed by atoms with Gasteiger partial charge in [-0.3, -0.25) is 4.72 Å². The van der Waals surface area contributed by atoms with E-state index in [1.54, 1.807) is 30.3 Å². The number of hydrogen-bond donors (Lipinski definition) is 1. The summed E-state index contributed by atoms with van der Waals surface area (Å²) in [5.74, 6) is 0. The lowest BCUT2D eigenvalue weighted by Crippen LogP contribution is -2.17. The molecule has 0 bridgehead atoms. The van der Waals surface area contributed by atoms with Crippen molar-refractivity contribution < 1.29 is 8.42 Å². The Labute approximate surface area is 141 Å². The van der Waals surface area contributed by atoms with Gasteiger partial charge in [0.05, 0.1) is 11.4 Å². The van der Waals surface area contributed by atoms with Gasteiger partial charge >= 0.3 is 0 Å². The summed E-state index contributed by atoms with van der Waals surface area (Å²) in [6.45, 7) is 0. The van der Waals surface area contributed by atoms with Gasteiger partial charge in [0.15, 0.2) is 0 Å². The molecular weight excluding hydrogens is 420 g/mol. The Hall–Kier alpha value is -1.05. The van der Waals surface area contributed by atoms with E-state index in [9.17, 15) is 8.42 Å². The van der Waals surface area contributed by atoms with Crippen molar-refractivity contribution in [1.82, 2.24) is 0 Å². The van der Waals surface area contributed by atoms with Crippen molar-refractivity contribution in [2.24, 2.45) is 0 Å². The standard InChI is InChI=1S/C14H14Br2N2O2S/c1-18(2)13-6-4-3-5-12(13)17-21(19,20)14-8-7-10(15)9-11(14)16/h3-9,17H,1-2H3. The van der Waals surface area contributed by atoms with E-state index in [2.05, 4.69) is 36.6 Å². The van der Waals surface area contributed by atoms with Crippen LogP contribution in [0.2, 0.25) is 0 Å². The Bertz CT molecular complexity index is 761. The summed E-state index contributed by atoms with van der Waals surface area (Å²) in [4.78, 5) is 2.05. The van der Waals surface area contributed by atoms with Crippen LogP contribution in [0.15, 0.2) is 56.3 Å². The lowest BCUT2D eigenvalue weighted by Gasteiger charge is -2.18. The van der Waals surface area contributed by atoms with Crippen LogP contribution >= 0.6 is 31.9 Å². The molecule has 0 aliphatic carbocycles. The van der Waals surface area contributed by atoms with Crippen LogP contribution in [0.25, 0.3) is 0 Å². The summed E-state index contributed by atoms with van der Waals surface area (Å²) in [6, 6.07) is 12.2. The molecular formula is C14H14Br2N2O2S. The molecule has 0 aromatic heterocycles. The van der Waals surface area contributed by atoms with Crippen LogP contribution in [0.1, 0.15) is 0 Å². The fourth-order valence-corrected chi connectivity index (χ4v) is 4.66. The molecule has 0 spiro atoms. The SMILES string of the molecule is CN(C)c1ccccc1NS(=O)(=O)c1ccc(Br)cc1Br. The molecule has 0 saturated carbocycles. The fourth-order valence-electron chi connectivity index (χ4n) is 1.84. The van der Waals surface area contributed by atoms with Crippen LogP contribution in [0.3, 0.4) is 0 Å². The van der Waals surface area contributed by atoms with Crippen LogP contribution in [-0.4, -0.2) is 22.5 Å². The number of nitrogens with zero attached hydrogens (tertiary/aromatic N) is 1. The molecule has 1 N–H and O–H groups in total. The maximum atomic E-state index is 12.5. The first-order valence-corrected chi connectivity index (χ1v) is 9.12. The Morgan fingerprint density at radius 3 is 2.33 bits per heavy atom. The number of benzene rings is 2. The van der Waals surface area contributed by atoms with E-state index in [0.29, 0.717) is 10.2 Å². The smallest absolute Gasteiger partial charge is 0.263 e. The number of halogens is 2. The zero-order chi connectivity index (χ0) is 15.6. The average molecular weight is 434 g/mol. The first-order chi connectivity index (χ1) is 9.81. The predicted octanol–water partition coefficient (Wildman–Crippen LogP) is 4.08. The summed E-state index contributed by atoms with van der Waals surface area (Å²) in [5.41, 5.74) is 1.34. The molecule has 0 aliphatic rings. The van der Waals surface area contributed by atoms with Gasteiger partial charge in [-0.2, -0.15) is 0 Å². The van der Waals surface area contributed by atoms with Crippen molar-refractivity contribution in [2.75, 3.05) is 23.7 Å². The number of sulfonamides is 1. The van der Waals surface area contributed by atoms with Crippen LogP contribution in [-0.2, 0) is 10.0 Å². The van der Waals surface area contributed by atoms with Gasteiger partial charge in [0.1, 0.15) is 4.90 Å². The number of rotatable bonds is 4. The van der Waals surface area contributed by atoms with E-state index in [-0.39, 0.29) is 4.90 Å². The zero-order valence-corrected chi connectivity index (χ0v) is 15.5. The van der Waals surface area contributed by atoms with Crippen LogP contribution in [0.4, 0.5) is 11.4 Å². The molecule has 21 heavy (non-hydrogen) atoms. The second kappa shape index (κ2) is 6.37. The Morgan fingerprint density at radius 1 is 1.05 bits per heavy atom. The van der Waals surface area contributed by atoms with Gasteiger partial charge in [0.25, 0.3) is 10.0 Å². The fraction of sp³-hybridized carbons (Fsp3) is 0.143. The highest BCUT2D eigenvalue weighted by Crippen LogP contribution is 2.30. The summed E-state index contributed by atoms with van der Waals surface area (Å²) >= 11 is 6.59. The third-order valence-electron chi connectivity index (χ3n) is 2.81. The van der Waals surface area contributed by atoms with Gasteiger partial charge in [-0.05, 0) is 46.3 Å². The molecule has 0 unspecified atom stereocenters. The summed E-state index contributed by atoms with van der Waals surface area (Å²) in [7, 11) is 0.0664. The summed E-state index contributed by atoms with van der Waals surface area (Å²) in [5, 5.41) is 0. The van der Waals surface area contributed by atoms with Gasteiger partial charge in [-0.15, -0.1) is 0 Å². The van der Waals surface area contributed by atoms with E-state index >= 15 is 0 Å². The van der Waals surface area contributed by atoms with E-state index in [4.69, 9.17) is 0 Å². The maximum absolute atomic E-state index is 12.5. The number of nitrogens with one attached hydrogen (secondary N) is 1. The molecule has 112 valence electrons. The first-order valence-electron chi connectivity index (χ1n) is 6.05. The minimum absolute atomic E-state index is 0.194. The Kier molecular flexibility index (Phi) is 4.95. The van der Waals surface area contributed by atoms with E-state index in [1.807, 2.05) is 31.1 Å². The van der Waals surface area contributed by atoms with Crippen molar-refractivity contribution in [2.45, 2.75) is 4.90 Å². The van der Waals surface area contributed by atoms with Crippen LogP contribution in [0.5, 0.6) is 0 Å². The molecule has 2 aromatic rings. The largest absolute Gasteiger partial charge is 0.376 e. The zero-order valence-electron chi connectivity index (χ0n) is 11.5. The summed E-state index contributed by atoms with van der Waals surface area (Å²) < 4.78 is 29.0. The second-order valence-corrected chi connectivity index (χ2v) is 8.01. The highest BCUT2D eigenvalue weighted by molar-refractivity contribution is 9.11. The maximum Gasteiger partial charge on any atom is 0.263 e. The van der Waals surface area contributed by atoms with E-state index in [0.717, 1.165) is 10.2 Å². The number of anilines is 2. The minimum atomic E-state index is -3.66. The van der Waals surface area contributed by atoms with Crippen molar-refractivity contribution in [3.63, 3.8) is 0 Å². The third kappa shape index (κ3) is 3.78. The lowest BCUT2D eigenvalue weighted by atomic mass is 10.2. The van der Waals surface area contributed by atoms with Gasteiger partial charge in [0, 0.05) is 23.0 Å². The lowest BCUT2D eigenvalue weighted by molar-refractivity contribution is 0.600. The van der Waals surface area contributed by atoms with Gasteiger partial charge < -0.3 is 4.90 Å². The van der Waals surface area contributed by atoms with Crippen molar-refractivity contribution in [1.29, 1.82) is 0 Å². The topological polar surface area (TPSA) is 49.4 Å². The van der Waals surface area contributed by atoms with Crippen LogP contribution < -0.4 is 9.62 Å². The van der Waals surface area contributed by atoms with Gasteiger partial charge in [-0.25, -0.2) is 8.42 Å². The minimum Gasteiger partial charge on any atom is -0.376 e. The molecule has 0 heterocycles. The normalized spacial score (nSPS) is 11.2. The van der Waals surface area contributed by atoms with Crippen molar-refractivity contribution in [3.05, 3.63) is 51.4 Å². The highest BCUT2D eigenvalue weighted by atomic mass is 79.9. The molecule has 0 fully saturated rings. The van der Waals surface area contributed by atoms with E-state index in [1.165, 1.54) is 0 Å². The molecule has 2 rings (SSSR count). The van der Waals surface area contributed by atoms with E-state index < -0.39 is 10.0 Å². The molecule has 4 nitrogen and oxygen atoms in total. The molecule has 7 heteroatoms. The highest BCUT2D eigenvalue weighted by Gasteiger charge is 2.19. The number of hydrogen-bond acceptors (Lipinski definition) is 3. The van der Waals surface area contributed by atoms with Crippen LogP contribution in [0, 0.1) is 0 Å². The monoisotopic (exact) mass is 432 g/mol. The van der Waals surface area contributed by atoms with Crippen molar-refractivity contribution in [3.8, 4) is 0 Å². The molecule has 0 saturated heterocycles. The molecule has 0 aliphatic heterocycles. The second-order valence-electron chi connectivity index (χ2n) is 4.59. The van der Waals surface area contributed by atoms with Gasteiger partial charge in [-0.1, -0.05) is 28.1 Å². The Balaban J connectivity index is 2.43. The molecule has 0 radical (unpaired) electrons. The Morgan fingerprint density at radius 2 is 1.71 bits per heavy atom. The summed E-state index contributed by atoms with van der Waals surface area (Å²) in [6.07, 6.45) is 0. The number of para-hydroxylation sites is 2. The third-order valence-corrected chi connectivity index (χ3v) is 5.65. The van der Waals surface area contributed by atoms with Gasteiger partial charge in [0.2, 0.25) is 0 Å². The quantitative estimate of drug-likeness (QED) is 0.790. The van der Waals surface area contributed by atoms with Crippen molar-refractivity contribution >= 4 is 53.3 Å². The molecule has 0 amide bonds. The first kappa shape index (κ1) is 16.3. The average Bonchev–Trinajstić information content (AvgIpc) is 2.37. The molecule has 2 aromatic carbocycles. The molecule has 0 atom stereocenters. The predicted molar refractivity (Wildman–Crippen MR) is 93.4 cm³/mol.